The summed E-state index contributed by atoms with van der Waals surface area (Å²) in [5.74, 6) is 0.998. The first-order valence-electron chi connectivity index (χ1n) is 7.40. The number of aryl methyl sites for hydroxylation is 1. The summed E-state index contributed by atoms with van der Waals surface area (Å²) in [6.07, 6.45) is 3.87. The summed E-state index contributed by atoms with van der Waals surface area (Å²) >= 11 is 0. The SMILES string of the molecule is CCOc1ccc(C(NC)C2CCCCN2)cc1C. The van der Waals surface area contributed by atoms with Crippen molar-refractivity contribution in [1.29, 1.82) is 0 Å². The smallest absolute Gasteiger partial charge is 0.122 e. The molecule has 0 aliphatic carbocycles. The van der Waals surface area contributed by atoms with Gasteiger partial charge in [-0.3, -0.25) is 0 Å². The third kappa shape index (κ3) is 3.48. The van der Waals surface area contributed by atoms with Gasteiger partial charge in [0.2, 0.25) is 0 Å². The van der Waals surface area contributed by atoms with E-state index in [0.29, 0.717) is 12.1 Å². The lowest BCUT2D eigenvalue weighted by Crippen LogP contribution is -2.43. The van der Waals surface area contributed by atoms with E-state index in [4.69, 9.17) is 4.74 Å². The van der Waals surface area contributed by atoms with Gasteiger partial charge in [0.25, 0.3) is 0 Å². The minimum atomic E-state index is 0.384. The normalized spacial score (nSPS) is 21.1. The molecule has 1 aliphatic rings. The maximum Gasteiger partial charge on any atom is 0.122 e. The lowest BCUT2D eigenvalue weighted by Gasteiger charge is -2.31. The van der Waals surface area contributed by atoms with Gasteiger partial charge in [-0.25, -0.2) is 0 Å². The van der Waals surface area contributed by atoms with Gasteiger partial charge in [-0.15, -0.1) is 0 Å². The molecule has 1 saturated heterocycles. The topological polar surface area (TPSA) is 33.3 Å². The highest BCUT2D eigenvalue weighted by molar-refractivity contribution is 5.38. The Labute approximate surface area is 116 Å². The summed E-state index contributed by atoms with van der Waals surface area (Å²) in [6, 6.07) is 7.46. The van der Waals surface area contributed by atoms with Crippen molar-refractivity contribution < 1.29 is 4.74 Å². The lowest BCUT2D eigenvalue weighted by atomic mass is 9.92. The molecule has 19 heavy (non-hydrogen) atoms. The van der Waals surface area contributed by atoms with Gasteiger partial charge in [-0.05, 0) is 57.5 Å². The van der Waals surface area contributed by atoms with E-state index < -0.39 is 0 Å². The molecule has 3 nitrogen and oxygen atoms in total. The minimum Gasteiger partial charge on any atom is -0.494 e. The van der Waals surface area contributed by atoms with Crippen molar-refractivity contribution in [3.63, 3.8) is 0 Å². The average molecular weight is 262 g/mol. The molecule has 0 bridgehead atoms. The van der Waals surface area contributed by atoms with Gasteiger partial charge in [0.05, 0.1) is 6.61 Å². The zero-order valence-corrected chi connectivity index (χ0v) is 12.3. The highest BCUT2D eigenvalue weighted by Crippen LogP contribution is 2.27. The van der Waals surface area contributed by atoms with Gasteiger partial charge in [-0.2, -0.15) is 0 Å². The Hall–Kier alpha value is -1.06. The van der Waals surface area contributed by atoms with Crippen LogP contribution in [0.2, 0.25) is 0 Å². The lowest BCUT2D eigenvalue weighted by molar-refractivity contribution is 0.324. The van der Waals surface area contributed by atoms with Crippen LogP contribution in [0.4, 0.5) is 0 Å². The van der Waals surface area contributed by atoms with Gasteiger partial charge in [0.1, 0.15) is 5.75 Å². The summed E-state index contributed by atoms with van der Waals surface area (Å²) in [7, 11) is 2.05. The van der Waals surface area contributed by atoms with Crippen LogP contribution in [-0.2, 0) is 0 Å². The first-order chi connectivity index (χ1) is 9.26. The number of piperidine rings is 1. The van der Waals surface area contributed by atoms with Crippen LogP contribution < -0.4 is 15.4 Å². The van der Waals surface area contributed by atoms with Crippen molar-refractivity contribution in [2.24, 2.45) is 0 Å². The van der Waals surface area contributed by atoms with Crippen LogP contribution in [0.5, 0.6) is 5.75 Å². The molecule has 3 heteroatoms. The predicted molar refractivity (Wildman–Crippen MR) is 79.8 cm³/mol. The van der Waals surface area contributed by atoms with E-state index in [-0.39, 0.29) is 0 Å². The highest BCUT2D eigenvalue weighted by Gasteiger charge is 2.23. The third-order valence-corrected chi connectivity index (χ3v) is 3.92. The Morgan fingerprint density at radius 3 is 2.84 bits per heavy atom. The fourth-order valence-corrected chi connectivity index (χ4v) is 2.95. The molecule has 1 aromatic carbocycles. The number of benzene rings is 1. The predicted octanol–water partition coefficient (Wildman–Crippen LogP) is 2.80. The summed E-state index contributed by atoms with van der Waals surface area (Å²) in [4.78, 5) is 0. The second-order valence-corrected chi connectivity index (χ2v) is 5.28. The van der Waals surface area contributed by atoms with E-state index in [0.717, 1.165) is 18.9 Å². The number of likely N-dealkylation sites (N-methyl/N-ethyl adjacent to an activating group) is 1. The van der Waals surface area contributed by atoms with Crippen LogP contribution in [0, 0.1) is 6.92 Å². The molecule has 2 unspecified atom stereocenters. The highest BCUT2D eigenvalue weighted by atomic mass is 16.5. The molecule has 2 rings (SSSR count). The first-order valence-corrected chi connectivity index (χ1v) is 7.40. The summed E-state index contributed by atoms with van der Waals surface area (Å²) in [6.45, 7) is 6.00. The third-order valence-electron chi connectivity index (χ3n) is 3.92. The fourth-order valence-electron chi connectivity index (χ4n) is 2.95. The van der Waals surface area contributed by atoms with Crippen LogP contribution >= 0.6 is 0 Å². The Morgan fingerprint density at radius 2 is 2.26 bits per heavy atom. The Morgan fingerprint density at radius 1 is 1.42 bits per heavy atom. The van der Waals surface area contributed by atoms with Gasteiger partial charge in [0, 0.05) is 12.1 Å². The molecule has 1 aliphatic heterocycles. The van der Waals surface area contributed by atoms with Crippen molar-refractivity contribution in [1.82, 2.24) is 10.6 Å². The van der Waals surface area contributed by atoms with Crippen LogP contribution in [-0.4, -0.2) is 26.2 Å². The van der Waals surface area contributed by atoms with E-state index in [1.807, 2.05) is 14.0 Å². The second-order valence-electron chi connectivity index (χ2n) is 5.28. The Balaban J connectivity index is 2.15. The maximum absolute atomic E-state index is 5.61. The molecule has 0 amide bonds. The van der Waals surface area contributed by atoms with Crippen LogP contribution in [0.1, 0.15) is 43.4 Å². The molecule has 0 saturated carbocycles. The number of nitrogens with one attached hydrogen (secondary N) is 2. The molecule has 106 valence electrons. The van der Waals surface area contributed by atoms with Crippen molar-refractivity contribution in [2.45, 2.75) is 45.2 Å². The molecule has 0 spiro atoms. The number of hydrogen-bond acceptors (Lipinski definition) is 3. The summed E-state index contributed by atoms with van der Waals surface area (Å²) in [5.41, 5.74) is 2.57. The summed E-state index contributed by atoms with van der Waals surface area (Å²) in [5, 5.41) is 7.10. The molecule has 0 radical (unpaired) electrons. The van der Waals surface area contributed by atoms with Gasteiger partial charge >= 0.3 is 0 Å². The zero-order chi connectivity index (χ0) is 13.7. The molecule has 1 heterocycles. The molecule has 0 aromatic heterocycles. The van der Waals surface area contributed by atoms with Gasteiger partial charge < -0.3 is 15.4 Å². The van der Waals surface area contributed by atoms with Crippen LogP contribution in [0.3, 0.4) is 0 Å². The van der Waals surface area contributed by atoms with E-state index >= 15 is 0 Å². The second kappa shape index (κ2) is 6.92. The number of rotatable bonds is 5. The number of hydrogen-bond donors (Lipinski definition) is 2. The monoisotopic (exact) mass is 262 g/mol. The molecule has 2 N–H and O–H groups in total. The first kappa shape index (κ1) is 14.4. The van der Waals surface area contributed by atoms with Crippen molar-refractivity contribution in [3.8, 4) is 5.75 Å². The minimum absolute atomic E-state index is 0.384. The van der Waals surface area contributed by atoms with Crippen molar-refractivity contribution >= 4 is 0 Å². The van der Waals surface area contributed by atoms with E-state index in [2.05, 4.69) is 35.8 Å². The van der Waals surface area contributed by atoms with E-state index in [9.17, 15) is 0 Å². The standard InChI is InChI=1S/C16H26N2O/c1-4-19-15-9-8-13(11-12(15)2)16(17-3)14-7-5-6-10-18-14/h8-9,11,14,16-18H,4-7,10H2,1-3H3. The van der Waals surface area contributed by atoms with E-state index in [1.54, 1.807) is 0 Å². The van der Waals surface area contributed by atoms with Crippen LogP contribution in [0.25, 0.3) is 0 Å². The molecular formula is C16H26N2O. The Bertz CT molecular complexity index is 400. The molecule has 1 fully saturated rings. The fraction of sp³-hybridized carbons (Fsp3) is 0.625. The molecular weight excluding hydrogens is 236 g/mol. The Kier molecular flexibility index (Phi) is 5.23. The number of ether oxygens (including phenoxy) is 1. The van der Waals surface area contributed by atoms with E-state index in [1.165, 1.54) is 30.4 Å². The average Bonchev–Trinajstić information content (AvgIpc) is 2.44. The zero-order valence-electron chi connectivity index (χ0n) is 12.3. The largest absolute Gasteiger partial charge is 0.494 e. The van der Waals surface area contributed by atoms with Crippen LogP contribution in [0.15, 0.2) is 18.2 Å². The quantitative estimate of drug-likeness (QED) is 0.856. The summed E-state index contributed by atoms with van der Waals surface area (Å²) < 4.78 is 5.61. The maximum atomic E-state index is 5.61. The van der Waals surface area contributed by atoms with Gasteiger partial charge in [0.15, 0.2) is 0 Å². The molecule has 2 atom stereocenters. The van der Waals surface area contributed by atoms with Crippen molar-refractivity contribution in [2.75, 3.05) is 20.2 Å². The van der Waals surface area contributed by atoms with Gasteiger partial charge in [-0.1, -0.05) is 18.6 Å². The molecule has 1 aromatic rings. The van der Waals surface area contributed by atoms with Crippen molar-refractivity contribution in [3.05, 3.63) is 29.3 Å².